The minimum Gasteiger partial charge on any atom is -0.378 e. The van der Waals surface area contributed by atoms with Crippen LogP contribution in [0.4, 0.5) is 5.69 Å². The lowest BCUT2D eigenvalue weighted by Crippen LogP contribution is -2.36. The maximum Gasteiger partial charge on any atom is 0.238 e. The van der Waals surface area contributed by atoms with E-state index in [4.69, 9.17) is 9.88 Å². The summed E-state index contributed by atoms with van der Waals surface area (Å²) in [5.41, 5.74) is 1.87. The number of ether oxygens (including phenoxy) is 1. The van der Waals surface area contributed by atoms with Crippen LogP contribution in [0.5, 0.6) is 0 Å². The van der Waals surface area contributed by atoms with Crippen molar-refractivity contribution in [2.24, 2.45) is 5.14 Å². The molecule has 6 heteroatoms. The van der Waals surface area contributed by atoms with Crippen LogP contribution < -0.4 is 10.0 Å². The summed E-state index contributed by atoms with van der Waals surface area (Å²) in [4.78, 5) is 2.47. The summed E-state index contributed by atoms with van der Waals surface area (Å²) in [5, 5.41) is 5.30. The zero-order valence-electron chi connectivity index (χ0n) is 11.8. The summed E-state index contributed by atoms with van der Waals surface area (Å²) >= 11 is 0. The van der Waals surface area contributed by atoms with Crippen LogP contribution in [0, 0.1) is 0 Å². The highest BCUT2D eigenvalue weighted by molar-refractivity contribution is 7.89. The van der Waals surface area contributed by atoms with E-state index in [0.29, 0.717) is 13.2 Å². The Balaban J connectivity index is 2.32. The molecule has 1 heterocycles. The molecule has 0 atom stereocenters. The Morgan fingerprint density at radius 1 is 1.30 bits per heavy atom. The molecule has 0 saturated carbocycles. The monoisotopic (exact) mass is 298 g/mol. The van der Waals surface area contributed by atoms with Crippen LogP contribution in [0.15, 0.2) is 23.1 Å². The molecule has 5 nitrogen and oxygen atoms in total. The number of hydrogen-bond acceptors (Lipinski definition) is 4. The number of benzene rings is 1. The average Bonchev–Trinajstić information content (AvgIpc) is 2.44. The third-order valence-corrected chi connectivity index (χ3v) is 4.54. The fourth-order valence-electron chi connectivity index (χ4n) is 2.42. The number of aryl methyl sites for hydroxylation is 1. The highest BCUT2D eigenvalue weighted by Gasteiger charge is 2.17. The molecule has 1 aliphatic rings. The van der Waals surface area contributed by atoms with E-state index in [1.165, 1.54) is 0 Å². The number of primary sulfonamides is 1. The number of anilines is 1. The van der Waals surface area contributed by atoms with Gasteiger partial charge in [-0.1, -0.05) is 13.3 Å². The molecule has 1 saturated heterocycles. The lowest BCUT2D eigenvalue weighted by atomic mass is 10.1. The maximum atomic E-state index is 11.6. The van der Waals surface area contributed by atoms with E-state index in [2.05, 4.69) is 11.8 Å². The predicted molar refractivity (Wildman–Crippen MR) is 79.5 cm³/mol. The first kappa shape index (κ1) is 15.3. The van der Waals surface area contributed by atoms with Crippen molar-refractivity contribution in [3.05, 3.63) is 23.8 Å². The van der Waals surface area contributed by atoms with Crippen molar-refractivity contribution in [3.8, 4) is 0 Å². The third-order valence-electron chi connectivity index (χ3n) is 3.53. The molecule has 0 aliphatic carbocycles. The van der Waals surface area contributed by atoms with Crippen LogP contribution in [0.25, 0.3) is 0 Å². The Hall–Kier alpha value is -1.11. The van der Waals surface area contributed by atoms with Crippen molar-refractivity contribution in [1.82, 2.24) is 0 Å². The molecular formula is C14H22N2O3S. The molecule has 2 N–H and O–H groups in total. The van der Waals surface area contributed by atoms with Gasteiger partial charge in [-0.25, -0.2) is 13.6 Å². The van der Waals surface area contributed by atoms with Gasteiger partial charge in [-0.3, -0.25) is 0 Å². The van der Waals surface area contributed by atoms with Gasteiger partial charge in [0.15, 0.2) is 0 Å². The molecule has 0 spiro atoms. The first-order valence-electron chi connectivity index (χ1n) is 7.01. The molecule has 0 aromatic heterocycles. The maximum absolute atomic E-state index is 11.6. The van der Waals surface area contributed by atoms with Crippen molar-refractivity contribution in [2.75, 3.05) is 31.2 Å². The van der Waals surface area contributed by atoms with Crippen molar-refractivity contribution in [1.29, 1.82) is 0 Å². The van der Waals surface area contributed by atoms with Crippen molar-refractivity contribution >= 4 is 15.7 Å². The summed E-state index contributed by atoms with van der Waals surface area (Å²) in [6, 6.07) is 5.42. The first-order chi connectivity index (χ1) is 9.52. The van der Waals surface area contributed by atoms with Crippen molar-refractivity contribution < 1.29 is 13.2 Å². The van der Waals surface area contributed by atoms with E-state index in [9.17, 15) is 8.42 Å². The fourth-order valence-corrected chi connectivity index (χ4v) is 3.21. The fraction of sp³-hybridized carbons (Fsp3) is 0.571. The van der Waals surface area contributed by atoms with E-state index in [0.717, 1.165) is 43.6 Å². The number of unbranched alkanes of at least 4 members (excludes halogenated alkanes) is 1. The van der Waals surface area contributed by atoms with Gasteiger partial charge in [0.05, 0.1) is 18.1 Å². The lowest BCUT2D eigenvalue weighted by molar-refractivity contribution is 0.122. The SMILES string of the molecule is CCCCc1cc(N2CCOCC2)ccc1S(N)(=O)=O. The highest BCUT2D eigenvalue weighted by atomic mass is 32.2. The number of nitrogens with two attached hydrogens (primary N) is 1. The van der Waals surface area contributed by atoms with Gasteiger partial charge in [-0.15, -0.1) is 0 Å². The molecule has 0 radical (unpaired) electrons. The minimum absolute atomic E-state index is 0.253. The Morgan fingerprint density at radius 2 is 2.00 bits per heavy atom. The first-order valence-corrected chi connectivity index (χ1v) is 8.55. The van der Waals surface area contributed by atoms with Gasteiger partial charge in [-0.2, -0.15) is 0 Å². The summed E-state index contributed by atoms with van der Waals surface area (Å²) in [5.74, 6) is 0. The Morgan fingerprint density at radius 3 is 2.60 bits per heavy atom. The van der Waals surface area contributed by atoms with Crippen LogP contribution in [-0.2, 0) is 21.2 Å². The zero-order chi connectivity index (χ0) is 14.6. The summed E-state index contributed by atoms with van der Waals surface area (Å²) in [6.45, 7) is 5.18. The number of morpholine rings is 1. The predicted octanol–water partition coefficient (Wildman–Crippen LogP) is 1.51. The van der Waals surface area contributed by atoms with Crippen LogP contribution in [0.1, 0.15) is 25.3 Å². The van der Waals surface area contributed by atoms with Gasteiger partial charge in [0.2, 0.25) is 10.0 Å². The lowest BCUT2D eigenvalue weighted by Gasteiger charge is -2.29. The Labute approximate surface area is 120 Å². The largest absolute Gasteiger partial charge is 0.378 e. The molecule has 0 amide bonds. The minimum atomic E-state index is -3.65. The van der Waals surface area contributed by atoms with Crippen LogP contribution in [0.3, 0.4) is 0 Å². The van der Waals surface area contributed by atoms with Gasteiger partial charge in [0.25, 0.3) is 0 Å². The smallest absolute Gasteiger partial charge is 0.238 e. The Kier molecular flexibility index (Phi) is 5.01. The van der Waals surface area contributed by atoms with Crippen molar-refractivity contribution in [2.45, 2.75) is 31.1 Å². The second-order valence-corrected chi connectivity index (χ2v) is 6.57. The second-order valence-electron chi connectivity index (χ2n) is 5.04. The molecule has 0 unspecified atom stereocenters. The van der Waals surface area contributed by atoms with Crippen LogP contribution in [-0.4, -0.2) is 34.7 Å². The van der Waals surface area contributed by atoms with E-state index in [1.54, 1.807) is 6.07 Å². The van der Waals surface area contributed by atoms with Gasteiger partial charge >= 0.3 is 0 Å². The molecule has 1 aromatic rings. The highest BCUT2D eigenvalue weighted by Crippen LogP contribution is 2.24. The molecule has 20 heavy (non-hydrogen) atoms. The average molecular weight is 298 g/mol. The van der Waals surface area contributed by atoms with Crippen LogP contribution in [0.2, 0.25) is 0 Å². The summed E-state index contributed by atoms with van der Waals surface area (Å²) in [7, 11) is -3.65. The standard InChI is InChI=1S/C14H22N2O3S/c1-2-3-4-12-11-13(16-7-9-19-10-8-16)5-6-14(12)20(15,17)18/h5-6,11H,2-4,7-10H2,1H3,(H2,15,17,18). The van der Waals surface area contributed by atoms with E-state index >= 15 is 0 Å². The van der Waals surface area contributed by atoms with Crippen molar-refractivity contribution in [3.63, 3.8) is 0 Å². The number of sulfonamides is 1. The van der Waals surface area contributed by atoms with Gasteiger partial charge in [0.1, 0.15) is 0 Å². The van der Waals surface area contributed by atoms with Gasteiger partial charge in [0, 0.05) is 18.8 Å². The van der Waals surface area contributed by atoms with Gasteiger partial charge < -0.3 is 9.64 Å². The third kappa shape index (κ3) is 3.71. The topological polar surface area (TPSA) is 72.6 Å². The summed E-state index contributed by atoms with van der Waals surface area (Å²) in [6.07, 6.45) is 2.71. The number of nitrogens with zero attached hydrogens (tertiary/aromatic N) is 1. The molecule has 1 aliphatic heterocycles. The Bertz CT molecular complexity index is 552. The zero-order valence-corrected chi connectivity index (χ0v) is 12.7. The molecule has 0 bridgehead atoms. The van der Waals surface area contributed by atoms with E-state index in [-0.39, 0.29) is 4.90 Å². The number of rotatable bonds is 5. The molecule has 2 rings (SSSR count). The molecule has 1 aromatic carbocycles. The molecule has 1 fully saturated rings. The van der Waals surface area contributed by atoms with E-state index < -0.39 is 10.0 Å². The number of hydrogen-bond donors (Lipinski definition) is 1. The van der Waals surface area contributed by atoms with E-state index in [1.807, 2.05) is 12.1 Å². The summed E-state index contributed by atoms with van der Waals surface area (Å²) < 4.78 is 28.6. The molecule has 112 valence electrons. The normalized spacial score (nSPS) is 16.4. The quantitative estimate of drug-likeness (QED) is 0.894. The second kappa shape index (κ2) is 6.56. The van der Waals surface area contributed by atoms with Crippen LogP contribution >= 0.6 is 0 Å². The molecular weight excluding hydrogens is 276 g/mol. The van der Waals surface area contributed by atoms with Gasteiger partial charge in [-0.05, 0) is 36.6 Å².